The standard InChI is InChI=1S/C26H25N3O4/c1-3-29(16-24(31)28-19-14-12-18(13-15-19)27-17(2)30)26(32)25-20-8-4-6-10-22(20)33-23-11-7-5-9-21(23)25/h4-15,25H,3,16H2,1-2H3,(H,27,30)(H,28,31). The Morgan fingerprint density at radius 1 is 0.818 bits per heavy atom. The zero-order chi connectivity index (χ0) is 23.4. The summed E-state index contributed by atoms with van der Waals surface area (Å²) in [5.74, 6) is 0.127. The van der Waals surface area contributed by atoms with Gasteiger partial charge in [-0.05, 0) is 43.3 Å². The van der Waals surface area contributed by atoms with Crippen molar-refractivity contribution in [3.05, 3.63) is 83.9 Å². The molecule has 7 nitrogen and oxygen atoms in total. The minimum absolute atomic E-state index is 0.0789. The van der Waals surface area contributed by atoms with E-state index in [0.717, 1.165) is 11.1 Å². The van der Waals surface area contributed by atoms with E-state index in [9.17, 15) is 14.4 Å². The molecule has 0 unspecified atom stereocenters. The van der Waals surface area contributed by atoms with Crippen LogP contribution in [0.1, 0.15) is 30.9 Å². The monoisotopic (exact) mass is 443 g/mol. The molecule has 1 aliphatic rings. The lowest BCUT2D eigenvalue weighted by atomic mass is 9.87. The molecular formula is C26H25N3O4. The van der Waals surface area contributed by atoms with Crippen LogP contribution in [0.25, 0.3) is 0 Å². The maximum atomic E-state index is 13.6. The van der Waals surface area contributed by atoms with Crippen molar-refractivity contribution in [2.24, 2.45) is 0 Å². The van der Waals surface area contributed by atoms with E-state index >= 15 is 0 Å². The number of benzene rings is 3. The highest BCUT2D eigenvalue weighted by Gasteiger charge is 2.35. The summed E-state index contributed by atoms with van der Waals surface area (Å²) in [5.41, 5.74) is 2.80. The summed E-state index contributed by atoms with van der Waals surface area (Å²) in [6, 6.07) is 21.8. The lowest BCUT2D eigenvalue weighted by Gasteiger charge is -2.31. The van der Waals surface area contributed by atoms with E-state index in [-0.39, 0.29) is 24.3 Å². The maximum Gasteiger partial charge on any atom is 0.243 e. The molecule has 0 radical (unpaired) electrons. The number of fused-ring (bicyclic) bond motifs is 2. The molecule has 3 amide bonds. The van der Waals surface area contributed by atoms with Gasteiger partial charge in [-0.25, -0.2) is 0 Å². The number of carbonyl (C=O) groups excluding carboxylic acids is 3. The molecule has 3 aromatic carbocycles. The Hall–Kier alpha value is -4.13. The van der Waals surface area contributed by atoms with Gasteiger partial charge in [0.2, 0.25) is 17.7 Å². The van der Waals surface area contributed by atoms with Gasteiger partial charge in [0.15, 0.2) is 0 Å². The summed E-state index contributed by atoms with van der Waals surface area (Å²) in [6.07, 6.45) is 0. The van der Waals surface area contributed by atoms with Crippen LogP contribution < -0.4 is 15.4 Å². The molecule has 0 atom stereocenters. The van der Waals surface area contributed by atoms with Crippen molar-refractivity contribution in [3.8, 4) is 11.5 Å². The van der Waals surface area contributed by atoms with Crippen molar-refractivity contribution >= 4 is 29.1 Å². The van der Waals surface area contributed by atoms with Crippen molar-refractivity contribution in [2.45, 2.75) is 19.8 Å². The second-order valence-electron chi connectivity index (χ2n) is 7.77. The van der Waals surface area contributed by atoms with E-state index in [0.29, 0.717) is 29.4 Å². The molecule has 0 fully saturated rings. The molecule has 4 rings (SSSR count). The van der Waals surface area contributed by atoms with E-state index in [2.05, 4.69) is 10.6 Å². The van der Waals surface area contributed by atoms with Crippen LogP contribution >= 0.6 is 0 Å². The maximum absolute atomic E-state index is 13.6. The van der Waals surface area contributed by atoms with Crippen LogP contribution in [0.2, 0.25) is 0 Å². The Kier molecular flexibility index (Phi) is 6.40. The number of amides is 3. The second kappa shape index (κ2) is 9.56. The number of para-hydroxylation sites is 2. The molecule has 0 saturated carbocycles. The van der Waals surface area contributed by atoms with Crippen molar-refractivity contribution in [1.82, 2.24) is 4.90 Å². The van der Waals surface area contributed by atoms with Gasteiger partial charge in [0.05, 0.1) is 12.5 Å². The predicted octanol–water partition coefficient (Wildman–Crippen LogP) is 4.37. The molecule has 3 aromatic rings. The molecule has 1 aliphatic heterocycles. The largest absolute Gasteiger partial charge is 0.457 e. The molecule has 0 bridgehead atoms. The van der Waals surface area contributed by atoms with Crippen molar-refractivity contribution < 1.29 is 19.1 Å². The summed E-state index contributed by atoms with van der Waals surface area (Å²) >= 11 is 0. The number of hydrogen-bond acceptors (Lipinski definition) is 4. The molecule has 1 heterocycles. The fraction of sp³-hybridized carbons (Fsp3) is 0.192. The Morgan fingerprint density at radius 2 is 1.33 bits per heavy atom. The quantitative estimate of drug-likeness (QED) is 0.592. The van der Waals surface area contributed by atoms with E-state index in [1.165, 1.54) is 6.92 Å². The zero-order valence-electron chi connectivity index (χ0n) is 18.5. The number of nitrogens with one attached hydrogen (secondary N) is 2. The van der Waals surface area contributed by atoms with E-state index in [1.807, 2.05) is 55.5 Å². The van der Waals surface area contributed by atoms with Crippen LogP contribution in [0.4, 0.5) is 11.4 Å². The minimum atomic E-state index is -0.546. The van der Waals surface area contributed by atoms with Crippen LogP contribution in [-0.2, 0) is 14.4 Å². The van der Waals surface area contributed by atoms with Gasteiger partial charge in [0.25, 0.3) is 0 Å². The zero-order valence-corrected chi connectivity index (χ0v) is 18.5. The molecular weight excluding hydrogens is 418 g/mol. The highest BCUT2D eigenvalue weighted by atomic mass is 16.5. The van der Waals surface area contributed by atoms with Crippen LogP contribution in [0.3, 0.4) is 0 Å². The molecule has 7 heteroatoms. The first-order valence-electron chi connectivity index (χ1n) is 10.8. The van der Waals surface area contributed by atoms with Crippen LogP contribution in [0, 0.1) is 0 Å². The number of hydrogen-bond donors (Lipinski definition) is 2. The summed E-state index contributed by atoms with van der Waals surface area (Å²) in [5, 5.41) is 5.49. The van der Waals surface area contributed by atoms with E-state index in [1.54, 1.807) is 29.2 Å². The highest BCUT2D eigenvalue weighted by molar-refractivity contribution is 5.97. The van der Waals surface area contributed by atoms with Gasteiger partial charge in [-0.2, -0.15) is 0 Å². The molecule has 0 saturated heterocycles. The van der Waals surface area contributed by atoms with Crippen molar-refractivity contribution in [3.63, 3.8) is 0 Å². The number of ether oxygens (including phenoxy) is 1. The average molecular weight is 444 g/mol. The Balaban J connectivity index is 1.51. The summed E-state index contributed by atoms with van der Waals surface area (Å²) in [7, 11) is 0. The Morgan fingerprint density at radius 3 is 1.85 bits per heavy atom. The molecule has 168 valence electrons. The van der Waals surface area contributed by atoms with Gasteiger partial charge in [-0.15, -0.1) is 0 Å². The average Bonchev–Trinajstić information content (AvgIpc) is 2.81. The predicted molar refractivity (Wildman–Crippen MR) is 126 cm³/mol. The third kappa shape index (κ3) is 4.87. The molecule has 0 aromatic heterocycles. The molecule has 33 heavy (non-hydrogen) atoms. The first-order chi connectivity index (χ1) is 16.0. The lowest BCUT2D eigenvalue weighted by Crippen LogP contribution is -2.41. The number of carbonyl (C=O) groups is 3. The van der Waals surface area contributed by atoms with Crippen molar-refractivity contribution in [1.29, 1.82) is 0 Å². The molecule has 0 aliphatic carbocycles. The van der Waals surface area contributed by atoms with Gasteiger partial charge in [0.1, 0.15) is 11.5 Å². The fourth-order valence-electron chi connectivity index (χ4n) is 3.92. The first kappa shape index (κ1) is 22.1. The fourth-order valence-corrected chi connectivity index (χ4v) is 3.92. The number of anilines is 2. The van der Waals surface area contributed by atoms with Crippen LogP contribution in [-0.4, -0.2) is 35.7 Å². The van der Waals surface area contributed by atoms with Gasteiger partial charge in [-0.1, -0.05) is 36.4 Å². The third-order valence-electron chi connectivity index (χ3n) is 5.44. The lowest BCUT2D eigenvalue weighted by molar-refractivity contribution is -0.135. The van der Waals surface area contributed by atoms with Gasteiger partial charge < -0.3 is 20.3 Å². The van der Waals surface area contributed by atoms with E-state index in [4.69, 9.17) is 4.74 Å². The van der Waals surface area contributed by atoms with E-state index < -0.39 is 5.92 Å². The third-order valence-corrected chi connectivity index (χ3v) is 5.44. The van der Waals surface area contributed by atoms with Crippen LogP contribution in [0.15, 0.2) is 72.8 Å². The van der Waals surface area contributed by atoms with Crippen LogP contribution in [0.5, 0.6) is 11.5 Å². The number of likely N-dealkylation sites (N-methyl/N-ethyl adjacent to an activating group) is 1. The van der Waals surface area contributed by atoms with Gasteiger partial charge in [0, 0.05) is 36.0 Å². The van der Waals surface area contributed by atoms with Gasteiger partial charge in [-0.3, -0.25) is 14.4 Å². The van der Waals surface area contributed by atoms with Crippen molar-refractivity contribution in [2.75, 3.05) is 23.7 Å². The molecule has 0 spiro atoms. The smallest absolute Gasteiger partial charge is 0.243 e. The van der Waals surface area contributed by atoms with Gasteiger partial charge >= 0.3 is 0 Å². The first-order valence-corrected chi connectivity index (χ1v) is 10.8. The SMILES string of the molecule is CCN(CC(=O)Nc1ccc(NC(C)=O)cc1)C(=O)C1c2ccccc2Oc2ccccc21. The summed E-state index contributed by atoms with van der Waals surface area (Å²) < 4.78 is 5.99. The summed E-state index contributed by atoms with van der Waals surface area (Å²) in [6.45, 7) is 3.59. The Bertz CT molecular complexity index is 1140. The number of rotatable bonds is 6. The Labute approximate surface area is 192 Å². The number of nitrogens with zero attached hydrogens (tertiary/aromatic N) is 1. The second-order valence-corrected chi connectivity index (χ2v) is 7.77. The highest BCUT2D eigenvalue weighted by Crippen LogP contribution is 2.44. The normalized spacial score (nSPS) is 12.1. The summed E-state index contributed by atoms with van der Waals surface area (Å²) in [4.78, 5) is 39.1. The molecule has 2 N–H and O–H groups in total. The minimum Gasteiger partial charge on any atom is -0.457 e. The topological polar surface area (TPSA) is 87.7 Å².